The molecule has 12 rings (SSSR count). The monoisotopic (exact) mass is 1040 g/mol. The van der Waals surface area contributed by atoms with Crippen molar-refractivity contribution in [3.05, 3.63) is 277 Å². The summed E-state index contributed by atoms with van der Waals surface area (Å²) in [7, 11) is 0. The van der Waals surface area contributed by atoms with Crippen LogP contribution >= 0.6 is 0 Å². The molecule has 0 radical (unpaired) electrons. The van der Waals surface area contributed by atoms with E-state index >= 15 is 10.2 Å². The van der Waals surface area contributed by atoms with Crippen molar-refractivity contribution in [1.29, 1.82) is 0 Å². The first-order valence-corrected chi connectivity index (χ1v) is 25.3. The zero-order valence-corrected chi connectivity index (χ0v) is 43.1. The number of aliphatic carboxylic acids is 1. The molecular weight excluding hydrogens is 988 g/mol. The number of benzene rings is 12. The van der Waals surface area contributed by atoms with E-state index in [0.717, 1.165) is 94.5 Å². The van der Waals surface area contributed by atoms with Crippen molar-refractivity contribution in [2.24, 2.45) is 9.98 Å². The molecule has 0 N–H and O–H groups in total. The van der Waals surface area contributed by atoms with E-state index < -0.39 is 18.1 Å². The quantitative estimate of drug-likeness (QED) is 0.0949. The Kier molecular flexibility index (Phi) is 15.3. The number of rotatable bonds is 11. The van der Waals surface area contributed by atoms with Crippen LogP contribution in [0.5, 0.6) is 11.5 Å². The molecule has 0 unspecified atom stereocenters. The van der Waals surface area contributed by atoms with Crippen molar-refractivity contribution in [2.75, 3.05) is 0 Å². The van der Waals surface area contributed by atoms with E-state index in [0.29, 0.717) is 22.3 Å². The second kappa shape index (κ2) is 23.0. The molecule has 12 aromatic rings. The number of carbonyl (C=O) groups excluding carboxylic acids is 1. The van der Waals surface area contributed by atoms with Gasteiger partial charge in [0.1, 0.15) is 12.1 Å². The van der Waals surface area contributed by atoms with Gasteiger partial charge in [0.05, 0.1) is 0 Å². The second-order valence-electron chi connectivity index (χ2n) is 18.7. The van der Waals surface area contributed by atoms with Crippen molar-refractivity contribution in [3.63, 3.8) is 0 Å². The maximum absolute atomic E-state index is 15.4. The smallest absolute Gasteiger partial charge is 0.872 e. The summed E-state index contributed by atoms with van der Waals surface area (Å²) >= 11 is 0. The molecule has 0 aliphatic rings. The molecule has 0 saturated heterocycles. The first-order valence-electron chi connectivity index (χ1n) is 25.3. The van der Waals surface area contributed by atoms with E-state index in [1.807, 2.05) is 146 Å². The van der Waals surface area contributed by atoms with Crippen LogP contribution in [0, 0.1) is 0 Å². The number of hydrogen-bond acceptors (Lipinski definition) is 6. The summed E-state index contributed by atoms with van der Waals surface area (Å²) in [4.78, 5) is 19.7. The minimum absolute atomic E-state index is 0. The van der Waals surface area contributed by atoms with Gasteiger partial charge in [0.15, 0.2) is 0 Å². The predicted molar refractivity (Wildman–Crippen MR) is 308 cm³/mol. The van der Waals surface area contributed by atoms with E-state index in [2.05, 4.69) is 109 Å². The van der Waals surface area contributed by atoms with Crippen LogP contribution in [0.4, 0.5) is 0 Å². The van der Waals surface area contributed by atoms with Gasteiger partial charge in [0.2, 0.25) is 0 Å². The average Bonchev–Trinajstić information content (AvgIpc) is 3.54. The molecule has 0 spiro atoms. The molecule has 0 fully saturated rings. The number of carboxylic acid groups (broad SMARTS) is 1. The van der Waals surface area contributed by atoms with Gasteiger partial charge in [-0.2, -0.15) is 0 Å². The third-order valence-electron chi connectivity index (χ3n) is 13.9. The molecule has 0 aliphatic carbocycles. The maximum atomic E-state index is 15.4. The van der Waals surface area contributed by atoms with Gasteiger partial charge in [-0.15, -0.1) is 0 Å². The summed E-state index contributed by atoms with van der Waals surface area (Å²) < 4.78 is 0. The molecule has 7 heteroatoms. The summed E-state index contributed by atoms with van der Waals surface area (Å²) in [5, 5.41) is 47.5. The summed E-state index contributed by atoms with van der Waals surface area (Å²) in [6.07, 6.45) is 3.49. The fourth-order valence-corrected chi connectivity index (χ4v) is 10.5. The Morgan fingerprint density at radius 1 is 0.377 bits per heavy atom. The molecule has 0 aliphatic heterocycles. The minimum Gasteiger partial charge on any atom is -0.872 e. The van der Waals surface area contributed by atoms with Gasteiger partial charge in [-0.3, -0.25) is 9.98 Å². The molecule has 0 aromatic heterocycles. The van der Waals surface area contributed by atoms with Crippen LogP contribution in [0.2, 0.25) is 0 Å². The molecule has 12 aromatic carbocycles. The molecule has 370 valence electrons. The van der Waals surface area contributed by atoms with Gasteiger partial charge in [-0.25, -0.2) is 0 Å². The Hall–Kier alpha value is -9.39. The van der Waals surface area contributed by atoms with Crippen LogP contribution < -0.4 is 15.3 Å². The Balaban J connectivity index is 0.00000130. The second-order valence-corrected chi connectivity index (χ2v) is 18.7. The number of hydrogen-bond donors (Lipinski definition) is 0. The van der Waals surface area contributed by atoms with Crippen LogP contribution in [-0.4, -0.2) is 18.4 Å². The van der Waals surface area contributed by atoms with Gasteiger partial charge >= 0.3 is 17.1 Å². The first kappa shape index (κ1) is 51.1. The van der Waals surface area contributed by atoms with E-state index in [1.54, 1.807) is 12.4 Å². The zero-order chi connectivity index (χ0) is 52.0. The van der Waals surface area contributed by atoms with Crippen LogP contribution in [0.3, 0.4) is 0 Å². The molecule has 0 bridgehead atoms. The fraction of sp³-hybridized carbons (Fsp3) is 0.0429. The molecular formula is C70H49MnN2O4. The Morgan fingerprint density at radius 3 is 1.01 bits per heavy atom. The number of fused-ring (bicyclic) bond motifs is 4. The van der Waals surface area contributed by atoms with Gasteiger partial charge in [-0.05, 0) is 129 Å². The minimum atomic E-state index is -1.08. The van der Waals surface area contributed by atoms with Crippen LogP contribution in [-0.2, 0) is 21.9 Å². The van der Waals surface area contributed by atoms with Crippen molar-refractivity contribution in [1.82, 2.24) is 0 Å². The number of carboxylic acids is 1. The SMILES string of the molecule is CC(=O)[O-].[Mn+3].[O-]c1c(C=N[C@@H](c2ccccc2)[C@@H](N=Cc2cc3ccccc3c(-c3c(-c4ccccc4)ccc4ccccc34)c2[O-])c2ccccc2)cc2ccccc2c1-c1c(-c2ccccc2)ccc2ccccc12. The van der Waals surface area contributed by atoms with Crippen molar-refractivity contribution < 1.29 is 37.2 Å². The molecule has 0 amide bonds. The fourth-order valence-electron chi connectivity index (χ4n) is 10.5. The van der Waals surface area contributed by atoms with E-state index in [9.17, 15) is 0 Å². The molecule has 2 atom stereocenters. The molecule has 0 saturated carbocycles. The van der Waals surface area contributed by atoms with E-state index in [1.165, 1.54) is 0 Å². The summed E-state index contributed by atoms with van der Waals surface area (Å²) in [5.41, 5.74) is 9.85. The van der Waals surface area contributed by atoms with Crippen molar-refractivity contribution in [2.45, 2.75) is 19.0 Å². The van der Waals surface area contributed by atoms with Crippen LogP contribution in [0.1, 0.15) is 41.3 Å². The predicted octanol–water partition coefficient (Wildman–Crippen LogP) is 14.9. The van der Waals surface area contributed by atoms with Crippen molar-refractivity contribution >= 4 is 61.5 Å². The van der Waals surface area contributed by atoms with Crippen molar-refractivity contribution in [3.8, 4) is 56.0 Å². The molecule has 77 heavy (non-hydrogen) atoms. The number of nitrogens with zero attached hydrogens (tertiary/aromatic N) is 2. The largest absolute Gasteiger partial charge is 3.00 e. The Morgan fingerprint density at radius 2 is 0.662 bits per heavy atom. The molecule has 0 heterocycles. The van der Waals surface area contributed by atoms with E-state index in [-0.39, 0.29) is 28.6 Å². The van der Waals surface area contributed by atoms with Gasteiger partial charge in [0.25, 0.3) is 0 Å². The topological polar surface area (TPSA) is 111 Å². The van der Waals surface area contributed by atoms with Crippen LogP contribution in [0.25, 0.3) is 87.6 Å². The average molecular weight is 1040 g/mol. The third-order valence-corrected chi connectivity index (χ3v) is 13.9. The number of aliphatic imine (C=N–C) groups is 2. The van der Waals surface area contributed by atoms with E-state index in [4.69, 9.17) is 19.9 Å². The van der Waals surface area contributed by atoms with Gasteiger partial charge in [-0.1, -0.05) is 254 Å². The first-order chi connectivity index (χ1) is 37.3. The normalized spacial score (nSPS) is 12.1. The Bertz CT molecular complexity index is 3860. The molecule has 6 nitrogen and oxygen atoms in total. The number of carbonyl (C=O) groups is 1. The summed E-state index contributed by atoms with van der Waals surface area (Å²) in [6, 6.07) is 84.8. The third kappa shape index (κ3) is 10.5. The van der Waals surface area contributed by atoms with Gasteiger partial charge < -0.3 is 20.1 Å². The maximum Gasteiger partial charge on any atom is 3.00 e. The standard InChI is InChI=1S/C68H48N2O2.C2H4O2.Mn/c71-67-53(41-51-31-15-19-35-57(51)63(67)61-55-33-17-13-25-47(55)37-39-59(61)45-21-5-1-6-22-45)43-69-65(49-27-9-3-10-28-49)66(50-29-11-4-12-30-50)70-44-54-42-52-32-16-20-36-58(52)64(68(54)72)62-56-34-18-14-26-48(56)38-40-60(62)46-23-7-2-8-24-46;1-2(3)4;/h1-44,65-66,71-72H;1H3,(H,3,4);/q;;+3/p-3/t65-,66-;;/m0../s1. The van der Waals surface area contributed by atoms with Crippen LogP contribution in [0.15, 0.2) is 265 Å². The Labute approximate surface area is 458 Å². The summed E-state index contributed by atoms with van der Waals surface area (Å²) in [6.45, 7) is 0.972. The zero-order valence-electron chi connectivity index (χ0n) is 42.0. The summed E-state index contributed by atoms with van der Waals surface area (Å²) in [5.74, 6) is -1.30. The van der Waals surface area contributed by atoms with Gasteiger partial charge in [0, 0.05) is 18.4 Å².